The Labute approximate surface area is 71.2 Å². The van der Waals surface area contributed by atoms with E-state index < -0.39 is 0 Å². The van der Waals surface area contributed by atoms with Gasteiger partial charge in [0.2, 0.25) is 0 Å². The monoisotopic (exact) mass is 165 g/mol. The topological polar surface area (TPSA) is 23.8 Å². The number of rotatable bonds is 1. The van der Waals surface area contributed by atoms with Crippen molar-refractivity contribution < 1.29 is 0 Å². The molecule has 0 aliphatic rings. The first kappa shape index (κ1) is 8.10. The van der Waals surface area contributed by atoms with E-state index >= 15 is 0 Å². The SMILES string of the molecule is CCc1cccc(C#N)c1Cl. The fourth-order valence-corrected chi connectivity index (χ4v) is 1.24. The molecule has 0 saturated carbocycles. The quantitative estimate of drug-likeness (QED) is 0.628. The highest BCUT2D eigenvalue weighted by Gasteiger charge is 2.01. The molecular weight excluding hydrogens is 158 g/mol. The Morgan fingerprint density at radius 3 is 2.82 bits per heavy atom. The number of aryl methyl sites for hydroxylation is 1. The van der Waals surface area contributed by atoms with Crippen LogP contribution in [0.4, 0.5) is 0 Å². The summed E-state index contributed by atoms with van der Waals surface area (Å²) in [6, 6.07) is 7.55. The Balaban J connectivity index is 3.23. The maximum absolute atomic E-state index is 8.60. The van der Waals surface area contributed by atoms with Gasteiger partial charge in [0.25, 0.3) is 0 Å². The summed E-state index contributed by atoms with van der Waals surface area (Å²) >= 11 is 5.89. The van der Waals surface area contributed by atoms with Crippen LogP contribution in [-0.4, -0.2) is 0 Å². The predicted octanol–water partition coefficient (Wildman–Crippen LogP) is 2.77. The van der Waals surface area contributed by atoms with E-state index in [0.717, 1.165) is 12.0 Å². The molecule has 11 heavy (non-hydrogen) atoms. The number of nitrogens with zero attached hydrogens (tertiary/aromatic N) is 1. The number of hydrogen-bond acceptors (Lipinski definition) is 1. The highest BCUT2D eigenvalue weighted by atomic mass is 35.5. The van der Waals surface area contributed by atoms with Gasteiger partial charge in [0.05, 0.1) is 10.6 Å². The van der Waals surface area contributed by atoms with Crippen LogP contribution in [0.25, 0.3) is 0 Å². The molecule has 0 amide bonds. The van der Waals surface area contributed by atoms with E-state index in [4.69, 9.17) is 16.9 Å². The number of nitriles is 1. The zero-order valence-corrected chi connectivity index (χ0v) is 7.02. The van der Waals surface area contributed by atoms with Crippen molar-refractivity contribution in [3.05, 3.63) is 34.3 Å². The molecule has 0 aliphatic carbocycles. The van der Waals surface area contributed by atoms with Crippen LogP contribution >= 0.6 is 11.6 Å². The van der Waals surface area contributed by atoms with Crippen molar-refractivity contribution in [2.45, 2.75) is 13.3 Å². The summed E-state index contributed by atoms with van der Waals surface area (Å²) in [5, 5.41) is 9.20. The Bertz CT molecular complexity index is 299. The van der Waals surface area contributed by atoms with Gasteiger partial charge in [0.15, 0.2) is 0 Å². The van der Waals surface area contributed by atoms with Crippen molar-refractivity contribution in [3.8, 4) is 6.07 Å². The average molecular weight is 166 g/mol. The highest BCUT2D eigenvalue weighted by Crippen LogP contribution is 2.20. The van der Waals surface area contributed by atoms with Gasteiger partial charge < -0.3 is 0 Å². The molecule has 0 unspecified atom stereocenters. The molecule has 1 aromatic rings. The Morgan fingerprint density at radius 1 is 1.55 bits per heavy atom. The summed E-state index contributed by atoms with van der Waals surface area (Å²) in [7, 11) is 0. The molecule has 0 atom stereocenters. The lowest BCUT2D eigenvalue weighted by atomic mass is 10.1. The Hall–Kier alpha value is -1.00. The highest BCUT2D eigenvalue weighted by molar-refractivity contribution is 6.32. The van der Waals surface area contributed by atoms with Crippen molar-refractivity contribution >= 4 is 11.6 Å². The van der Waals surface area contributed by atoms with Gasteiger partial charge in [-0.05, 0) is 18.1 Å². The molecule has 1 aromatic carbocycles. The van der Waals surface area contributed by atoms with Crippen molar-refractivity contribution in [3.63, 3.8) is 0 Å². The van der Waals surface area contributed by atoms with E-state index in [2.05, 4.69) is 0 Å². The third-order valence-corrected chi connectivity index (χ3v) is 2.03. The molecule has 0 heterocycles. The standard InChI is InChI=1S/C9H8ClN/c1-2-7-4-3-5-8(6-11)9(7)10/h3-5H,2H2,1H3. The van der Waals surface area contributed by atoms with E-state index in [-0.39, 0.29) is 0 Å². The fraction of sp³-hybridized carbons (Fsp3) is 0.222. The maximum Gasteiger partial charge on any atom is 0.101 e. The number of halogens is 1. The summed E-state index contributed by atoms with van der Waals surface area (Å²) in [5.74, 6) is 0. The van der Waals surface area contributed by atoms with Crippen LogP contribution in [0.3, 0.4) is 0 Å². The summed E-state index contributed by atoms with van der Waals surface area (Å²) in [5.41, 5.74) is 1.59. The van der Waals surface area contributed by atoms with Gasteiger partial charge in [0, 0.05) is 0 Å². The van der Waals surface area contributed by atoms with E-state index in [1.165, 1.54) is 0 Å². The van der Waals surface area contributed by atoms with Crippen LogP contribution in [0.5, 0.6) is 0 Å². The molecule has 0 aliphatic heterocycles. The predicted molar refractivity (Wildman–Crippen MR) is 45.5 cm³/mol. The van der Waals surface area contributed by atoms with Crippen LogP contribution in [0.15, 0.2) is 18.2 Å². The normalized spacial score (nSPS) is 9.18. The third-order valence-electron chi connectivity index (χ3n) is 1.58. The first-order chi connectivity index (χ1) is 5.29. The van der Waals surface area contributed by atoms with Crippen molar-refractivity contribution in [2.75, 3.05) is 0 Å². The second-order valence-corrected chi connectivity index (χ2v) is 2.62. The lowest BCUT2D eigenvalue weighted by Gasteiger charge is -2.00. The van der Waals surface area contributed by atoms with Gasteiger partial charge in [-0.2, -0.15) is 5.26 Å². The maximum atomic E-state index is 8.60. The van der Waals surface area contributed by atoms with Gasteiger partial charge >= 0.3 is 0 Å². The summed E-state index contributed by atoms with van der Waals surface area (Å²) < 4.78 is 0. The lowest BCUT2D eigenvalue weighted by Crippen LogP contribution is -1.84. The zero-order chi connectivity index (χ0) is 8.27. The van der Waals surface area contributed by atoms with Crippen LogP contribution in [-0.2, 0) is 6.42 Å². The van der Waals surface area contributed by atoms with Crippen molar-refractivity contribution in [1.82, 2.24) is 0 Å². The average Bonchev–Trinajstić information content (AvgIpc) is 2.05. The molecule has 0 spiro atoms. The van der Waals surface area contributed by atoms with Crippen LogP contribution in [0.2, 0.25) is 5.02 Å². The minimum atomic E-state index is 0.561. The summed E-state index contributed by atoms with van der Waals surface area (Å²) in [4.78, 5) is 0. The van der Waals surface area contributed by atoms with Crippen molar-refractivity contribution in [2.24, 2.45) is 0 Å². The molecule has 0 radical (unpaired) electrons. The smallest absolute Gasteiger partial charge is 0.101 e. The molecule has 0 bridgehead atoms. The van der Waals surface area contributed by atoms with E-state index in [1.54, 1.807) is 6.07 Å². The minimum absolute atomic E-state index is 0.561. The molecule has 56 valence electrons. The Morgan fingerprint density at radius 2 is 2.27 bits per heavy atom. The number of hydrogen-bond donors (Lipinski definition) is 0. The molecule has 1 nitrogen and oxygen atoms in total. The molecule has 0 saturated heterocycles. The lowest BCUT2D eigenvalue weighted by molar-refractivity contribution is 1.14. The first-order valence-corrected chi connectivity index (χ1v) is 3.85. The summed E-state index contributed by atoms with van der Waals surface area (Å²) in [6.07, 6.45) is 0.869. The first-order valence-electron chi connectivity index (χ1n) is 3.47. The molecule has 2 heteroatoms. The fourth-order valence-electron chi connectivity index (χ4n) is 0.939. The molecule has 0 fully saturated rings. The van der Waals surface area contributed by atoms with Gasteiger partial charge in [-0.1, -0.05) is 30.7 Å². The van der Waals surface area contributed by atoms with Crippen LogP contribution in [0, 0.1) is 11.3 Å². The molecule has 0 N–H and O–H groups in total. The third kappa shape index (κ3) is 1.53. The van der Waals surface area contributed by atoms with E-state index in [1.807, 2.05) is 25.1 Å². The Kier molecular flexibility index (Phi) is 2.51. The van der Waals surface area contributed by atoms with Gasteiger partial charge in [0.1, 0.15) is 6.07 Å². The van der Waals surface area contributed by atoms with E-state index in [9.17, 15) is 0 Å². The van der Waals surface area contributed by atoms with Gasteiger partial charge in [-0.25, -0.2) is 0 Å². The molecular formula is C9H8ClN. The minimum Gasteiger partial charge on any atom is -0.192 e. The zero-order valence-electron chi connectivity index (χ0n) is 6.26. The largest absolute Gasteiger partial charge is 0.192 e. The van der Waals surface area contributed by atoms with E-state index in [0.29, 0.717) is 10.6 Å². The van der Waals surface area contributed by atoms with Crippen molar-refractivity contribution in [1.29, 1.82) is 5.26 Å². The van der Waals surface area contributed by atoms with Crippen LogP contribution in [0.1, 0.15) is 18.1 Å². The molecule has 1 rings (SSSR count). The van der Waals surface area contributed by atoms with Gasteiger partial charge in [-0.15, -0.1) is 0 Å². The number of benzene rings is 1. The molecule has 0 aromatic heterocycles. The van der Waals surface area contributed by atoms with Crippen LogP contribution < -0.4 is 0 Å². The summed E-state index contributed by atoms with van der Waals surface area (Å²) in [6.45, 7) is 2.02. The second-order valence-electron chi connectivity index (χ2n) is 2.24. The second kappa shape index (κ2) is 3.41. The van der Waals surface area contributed by atoms with Gasteiger partial charge in [-0.3, -0.25) is 0 Å².